The van der Waals surface area contributed by atoms with Gasteiger partial charge < -0.3 is 9.05 Å². The van der Waals surface area contributed by atoms with E-state index in [1.807, 2.05) is 31.2 Å². The SMILES string of the molecule is C[CH]([Al])OP1Oc2ccccc2-c2ccccc21. The molecule has 2 unspecified atom stereocenters. The highest BCUT2D eigenvalue weighted by molar-refractivity contribution is 7.57. The van der Waals surface area contributed by atoms with Gasteiger partial charge >= 0.3 is 0 Å². The van der Waals surface area contributed by atoms with Crippen molar-refractivity contribution >= 4 is 30.0 Å². The zero-order valence-electron chi connectivity index (χ0n) is 10.0. The van der Waals surface area contributed by atoms with E-state index in [1.54, 1.807) is 0 Å². The van der Waals surface area contributed by atoms with Crippen LogP contribution in [0.4, 0.5) is 0 Å². The summed E-state index contributed by atoms with van der Waals surface area (Å²) in [4.78, 5) is 0.0782. The Morgan fingerprint density at radius 1 is 1.06 bits per heavy atom. The summed E-state index contributed by atoms with van der Waals surface area (Å²) in [6, 6.07) is 16.4. The molecule has 0 fully saturated rings. The minimum Gasteiger partial charge on any atom is -0.443 e. The van der Waals surface area contributed by atoms with Gasteiger partial charge in [0.1, 0.15) is 5.75 Å². The number of rotatable bonds is 2. The molecule has 2 aromatic carbocycles. The molecule has 4 heteroatoms. The third-order valence-electron chi connectivity index (χ3n) is 2.72. The fraction of sp³-hybridized carbons (Fsp3) is 0.143. The molecule has 0 amide bonds. The Bertz CT molecular complexity index is 571. The number of para-hydroxylation sites is 1. The van der Waals surface area contributed by atoms with Gasteiger partial charge in [-0.25, -0.2) is 0 Å². The summed E-state index contributed by atoms with van der Waals surface area (Å²) >= 11 is 2.65. The maximum absolute atomic E-state index is 6.00. The smallest absolute Gasteiger partial charge is 0.264 e. The molecule has 0 spiro atoms. The molecule has 1 aliphatic rings. The lowest BCUT2D eigenvalue weighted by atomic mass is 10.0. The third-order valence-corrected chi connectivity index (χ3v) is 4.76. The Balaban J connectivity index is 2.11. The maximum Gasteiger partial charge on any atom is 0.264 e. The lowest BCUT2D eigenvalue weighted by molar-refractivity contribution is 0.304. The Hall–Kier alpha value is -0.838. The first kappa shape index (κ1) is 12.2. The summed E-state index contributed by atoms with van der Waals surface area (Å²) in [7, 11) is -1.03. The minimum atomic E-state index is -1.03. The molecule has 2 nitrogen and oxygen atoms in total. The van der Waals surface area contributed by atoms with Gasteiger partial charge in [-0.05, 0) is 22.7 Å². The van der Waals surface area contributed by atoms with Crippen LogP contribution in [0, 0.1) is 0 Å². The second-order valence-corrected chi connectivity index (χ2v) is 6.50. The van der Waals surface area contributed by atoms with Crippen LogP contribution in [0.15, 0.2) is 48.5 Å². The molecule has 0 saturated heterocycles. The van der Waals surface area contributed by atoms with Crippen LogP contribution in [0.1, 0.15) is 6.92 Å². The molecular weight excluding hydrogens is 258 g/mol. The number of benzene rings is 2. The number of fused-ring (bicyclic) bond motifs is 3. The number of hydrogen-bond acceptors (Lipinski definition) is 2. The van der Waals surface area contributed by atoms with E-state index in [4.69, 9.17) is 9.05 Å². The molecule has 2 aromatic rings. The minimum absolute atomic E-state index is 0.0782. The van der Waals surface area contributed by atoms with Crippen molar-refractivity contribution in [3.63, 3.8) is 0 Å². The van der Waals surface area contributed by atoms with Crippen LogP contribution in [-0.4, -0.2) is 21.3 Å². The van der Waals surface area contributed by atoms with Gasteiger partial charge in [0.2, 0.25) is 0 Å². The maximum atomic E-state index is 6.00. The summed E-state index contributed by atoms with van der Waals surface area (Å²) in [6.07, 6.45) is 0. The van der Waals surface area contributed by atoms with E-state index >= 15 is 0 Å². The molecule has 0 aromatic heterocycles. The summed E-state index contributed by atoms with van der Waals surface area (Å²) < 4.78 is 11.9. The lowest BCUT2D eigenvalue weighted by Gasteiger charge is -2.28. The van der Waals surface area contributed by atoms with Crippen LogP contribution in [-0.2, 0) is 4.52 Å². The first-order valence-electron chi connectivity index (χ1n) is 5.84. The second kappa shape index (κ2) is 5.04. The molecule has 88 valence electrons. The highest BCUT2D eigenvalue weighted by Crippen LogP contribution is 2.49. The van der Waals surface area contributed by atoms with Gasteiger partial charge in [-0.15, -0.1) is 0 Å². The van der Waals surface area contributed by atoms with Crippen LogP contribution < -0.4 is 9.83 Å². The van der Waals surface area contributed by atoms with Crippen LogP contribution >= 0.6 is 8.38 Å². The highest BCUT2D eigenvalue weighted by atomic mass is 31.2. The molecule has 1 heterocycles. The zero-order valence-corrected chi connectivity index (χ0v) is 12.1. The first-order chi connectivity index (χ1) is 8.75. The predicted molar refractivity (Wildman–Crippen MR) is 75.4 cm³/mol. The van der Waals surface area contributed by atoms with Gasteiger partial charge in [0.25, 0.3) is 8.38 Å². The molecule has 0 N–H and O–H groups in total. The van der Waals surface area contributed by atoms with Gasteiger partial charge in [-0.1, -0.05) is 43.3 Å². The topological polar surface area (TPSA) is 18.5 Å². The largest absolute Gasteiger partial charge is 0.443 e. The third kappa shape index (κ3) is 2.20. The fourth-order valence-electron chi connectivity index (χ4n) is 2.00. The summed E-state index contributed by atoms with van der Waals surface area (Å²) in [5.41, 5.74) is 2.36. The van der Waals surface area contributed by atoms with Gasteiger partial charge in [-0.3, -0.25) is 0 Å². The molecule has 2 radical (unpaired) electrons. The van der Waals surface area contributed by atoms with E-state index in [0.29, 0.717) is 0 Å². The van der Waals surface area contributed by atoms with E-state index in [1.165, 1.54) is 5.56 Å². The van der Waals surface area contributed by atoms with Crippen molar-refractivity contribution in [1.29, 1.82) is 0 Å². The zero-order chi connectivity index (χ0) is 12.5. The monoisotopic (exact) mass is 270 g/mol. The second-order valence-electron chi connectivity index (χ2n) is 4.17. The van der Waals surface area contributed by atoms with Gasteiger partial charge in [-0.2, -0.15) is 0 Å². The van der Waals surface area contributed by atoms with Crippen molar-refractivity contribution in [3.8, 4) is 16.9 Å². The first-order valence-corrected chi connectivity index (χ1v) is 7.69. The highest BCUT2D eigenvalue weighted by Gasteiger charge is 2.27. The average Bonchev–Trinajstić information content (AvgIpc) is 2.38. The fourth-order valence-corrected chi connectivity index (χ4v) is 3.82. The normalized spacial score (nSPS) is 18.4. The Kier molecular flexibility index (Phi) is 3.42. The van der Waals surface area contributed by atoms with Crippen molar-refractivity contribution in [2.45, 2.75) is 11.9 Å². The van der Waals surface area contributed by atoms with Gasteiger partial charge in [0.05, 0.1) is 5.30 Å². The van der Waals surface area contributed by atoms with Crippen LogP contribution in [0.25, 0.3) is 11.1 Å². The standard InChI is InChI=1S/C14H12O2P.Al/c1-2-15-17-14-10-6-4-8-12(14)11-7-3-5-9-13(11)16-17;/h2-10H,1H3;. The van der Waals surface area contributed by atoms with Crippen LogP contribution in [0.2, 0.25) is 0 Å². The molecular formula is C14H12AlO2P. The molecule has 0 aliphatic carbocycles. The van der Waals surface area contributed by atoms with E-state index < -0.39 is 8.38 Å². The molecule has 18 heavy (non-hydrogen) atoms. The van der Waals surface area contributed by atoms with Crippen molar-refractivity contribution in [2.24, 2.45) is 0 Å². The molecule has 0 saturated carbocycles. The van der Waals surface area contributed by atoms with Crippen molar-refractivity contribution in [2.75, 3.05) is 0 Å². The van der Waals surface area contributed by atoms with Crippen molar-refractivity contribution in [1.82, 2.24) is 0 Å². The predicted octanol–water partition coefficient (Wildman–Crippen LogP) is 3.21. The van der Waals surface area contributed by atoms with E-state index in [-0.39, 0.29) is 4.97 Å². The average molecular weight is 270 g/mol. The quantitative estimate of drug-likeness (QED) is 0.616. The summed E-state index contributed by atoms with van der Waals surface area (Å²) in [5.74, 6) is 0.910. The molecule has 0 bridgehead atoms. The van der Waals surface area contributed by atoms with E-state index in [2.05, 4.69) is 40.6 Å². The van der Waals surface area contributed by atoms with Crippen molar-refractivity contribution < 1.29 is 9.05 Å². The van der Waals surface area contributed by atoms with Gasteiger partial charge in [0.15, 0.2) is 16.3 Å². The molecule has 2 atom stereocenters. The lowest BCUT2D eigenvalue weighted by Crippen LogP contribution is -2.18. The Morgan fingerprint density at radius 2 is 1.72 bits per heavy atom. The van der Waals surface area contributed by atoms with Crippen LogP contribution in [0.5, 0.6) is 5.75 Å². The summed E-state index contributed by atoms with van der Waals surface area (Å²) in [5, 5.41) is 1.15. The van der Waals surface area contributed by atoms with Gasteiger partial charge in [0, 0.05) is 5.56 Å². The Labute approximate surface area is 116 Å². The van der Waals surface area contributed by atoms with Crippen molar-refractivity contribution in [3.05, 3.63) is 48.5 Å². The van der Waals surface area contributed by atoms with E-state index in [9.17, 15) is 0 Å². The van der Waals surface area contributed by atoms with E-state index in [0.717, 1.165) is 16.6 Å². The molecule has 3 rings (SSSR count). The van der Waals surface area contributed by atoms with Crippen LogP contribution in [0.3, 0.4) is 0 Å². The Morgan fingerprint density at radius 3 is 2.50 bits per heavy atom. The number of hydrogen-bond donors (Lipinski definition) is 0. The summed E-state index contributed by atoms with van der Waals surface area (Å²) in [6.45, 7) is 2.00. The molecule has 1 aliphatic heterocycles.